The molecule has 0 saturated heterocycles. The molecule has 0 unspecified atom stereocenters. The summed E-state index contributed by atoms with van der Waals surface area (Å²) in [5, 5.41) is 5.26. The third-order valence-electron chi connectivity index (χ3n) is 4.40. The van der Waals surface area contributed by atoms with E-state index in [1.807, 2.05) is 9.95 Å². The molecule has 0 aliphatic heterocycles. The summed E-state index contributed by atoms with van der Waals surface area (Å²) in [4.78, 5) is 17.0. The fraction of sp³-hybridized carbons (Fsp3) is 0.273. The van der Waals surface area contributed by atoms with Gasteiger partial charge in [0.05, 0.1) is 19.4 Å². The molecule has 0 aliphatic carbocycles. The number of amides is 1. The van der Waals surface area contributed by atoms with E-state index in [4.69, 9.17) is 26.1 Å². The summed E-state index contributed by atoms with van der Waals surface area (Å²) in [6, 6.07) is 11.6. The fourth-order valence-corrected chi connectivity index (χ4v) is 4.05. The van der Waals surface area contributed by atoms with Crippen LogP contribution in [0, 0.1) is 5.82 Å². The number of thiazole rings is 1. The molecule has 0 fully saturated rings. The standard InChI is InChI=1S/C22H23ClFN3O3S/c1-3-30-22(28)25-11-4-12-27-19(15-5-8-17(24)9-6-15)14-31-21(27)26-18-10-7-16(23)13-20(18)29-2/h5-10,13-14H,3-4,11-12H2,1-2H3,(H,25,28). The topological polar surface area (TPSA) is 64.8 Å². The number of alkyl carbamates (subject to hydrolysis) is 1. The molecule has 0 aliphatic rings. The molecule has 2 aromatic carbocycles. The minimum Gasteiger partial charge on any atom is -0.494 e. The third kappa shape index (κ3) is 6.08. The lowest BCUT2D eigenvalue weighted by atomic mass is 10.1. The Morgan fingerprint density at radius 3 is 2.74 bits per heavy atom. The van der Waals surface area contributed by atoms with Crippen molar-refractivity contribution in [1.82, 2.24) is 9.88 Å². The number of methoxy groups -OCH3 is 1. The zero-order valence-electron chi connectivity index (χ0n) is 17.2. The van der Waals surface area contributed by atoms with Gasteiger partial charge in [-0.3, -0.25) is 0 Å². The molecule has 1 amide bonds. The lowest BCUT2D eigenvalue weighted by Crippen LogP contribution is -2.27. The van der Waals surface area contributed by atoms with Gasteiger partial charge in [0.25, 0.3) is 0 Å². The SMILES string of the molecule is CCOC(=O)NCCCn1c(-c2ccc(F)cc2)csc1=Nc1ccc(Cl)cc1OC. The smallest absolute Gasteiger partial charge is 0.407 e. The van der Waals surface area contributed by atoms with Gasteiger partial charge in [-0.05, 0) is 55.3 Å². The van der Waals surface area contributed by atoms with Crippen molar-refractivity contribution in [3.8, 4) is 17.0 Å². The Bertz CT molecular complexity index is 1100. The molecule has 31 heavy (non-hydrogen) atoms. The molecule has 6 nitrogen and oxygen atoms in total. The highest BCUT2D eigenvalue weighted by molar-refractivity contribution is 7.07. The third-order valence-corrected chi connectivity index (χ3v) is 5.50. The van der Waals surface area contributed by atoms with Crippen LogP contribution < -0.4 is 14.9 Å². The predicted molar refractivity (Wildman–Crippen MR) is 121 cm³/mol. The van der Waals surface area contributed by atoms with Gasteiger partial charge in [0.1, 0.15) is 17.3 Å². The van der Waals surface area contributed by atoms with Crippen molar-refractivity contribution in [3.63, 3.8) is 0 Å². The Morgan fingerprint density at radius 1 is 1.26 bits per heavy atom. The van der Waals surface area contributed by atoms with Crippen LogP contribution in [-0.4, -0.2) is 30.9 Å². The van der Waals surface area contributed by atoms with Gasteiger partial charge in [-0.1, -0.05) is 11.6 Å². The summed E-state index contributed by atoms with van der Waals surface area (Å²) >= 11 is 7.53. The Labute approximate surface area is 188 Å². The maximum absolute atomic E-state index is 13.4. The van der Waals surface area contributed by atoms with Crippen LogP contribution in [-0.2, 0) is 11.3 Å². The molecule has 3 rings (SSSR count). The molecule has 0 bridgehead atoms. The molecule has 3 aromatic rings. The van der Waals surface area contributed by atoms with Crippen LogP contribution >= 0.6 is 22.9 Å². The van der Waals surface area contributed by atoms with Crippen molar-refractivity contribution in [1.29, 1.82) is 0 Å². The Balaban J connectivity index is 1.93. The van der Waals surface area contributed by atoms with Gasteiger partial charge in [0.15, 0.2) is 4.80 Å². The number of nitrogens with one attached hydrogen (secondary N) is 1. The van der Waals surface area contributed by atoms with E-state index >= 15 is 0 Å². The van der Waals surface area contributed by atoms with Crippen LogP contribution in [0.15, 0.2) is 52.8 Å². The van der Waals surface area contributed by atoms with E-state index in [0.717, 1.165) is 16.1 Å². The number of carbonyl (C=O) groups excluding carboxylic acids is 1. The summed E-state index contributed by atoms with van der Waals surface area (Å²) in [6.45, 7) is 3.13. The number of hydrogen-bond donors (Lipinski definition) is 1. The first-order valence-electron chi connectivity index (χ1n) is 9.75. The van der Waals surface area contributed by atoms with E-state index in [2.05, 4.69) is 5.32 Å². The van der Waals surface area contributed by atoms with Gasteiger partial charge in [0, 0.05) is 29.6 Å². The van der Waals surface area contributed by atoms with Gasteiger partial charge in [-0.2, -0.15) is 0 Å². The first-order chi connectivity index (χ1) is 15.0. The lowest BCUT2D eigenvalue weighted by Gasteiger charge is -2.11. The van der Waals surface area contributed by atoms with Crippen LogP contribution in [0.2, 0.25) is 5.02 Å². The lowest BCUT2D eigenvalue weighted by molar-refractivity contribution is 0.152. The minimum atomic E-state index is -0.438. The number of benzene rings is 2. The molecule has 164 valence electrons. The number of carbonyl (C=O) groups is 1. The van der Waals surface area contributed by atoms with Crippen molar-refractivity contribution in [2.75, 3.05) is 20.3 Å². The van der Waals surface area contributed by atoms with E-state index < -0.39 is 6.09 Å². The van der Waals surface area contributed by atoms with E-state index in [1.54, 1.807) is 44.4 Å². The molecule has 9 heteroatoms. The summed E-state index contributed by atoms with van der Waals surface area (Å²) in [7, 11) is 1.57. The summed E-state index contributed by atoms with van der Waals surface area (Å²) in [5.74, 6) is 0.278. The first kappa shape index (κ1) is 22.8. The van der Waals surface area contributed by atoms with Crippen LogP contribution in [0.1, 0.15) is 13.3 Å². The summed E-state index contributed by atoms with van der Waals surface area (Å²) in [5.41, 5.74) is 2.44. The van der Waals surface area contributed by atoms with Gasteiger partial charge in [0.2, 0.25) is 0 Å². The van der Waals surface area contributed by atoms with Gasteiger partial charge < -0.3 is 19.4 Å². The minimum absolute atomic E-state index is 0.292. The van der Waals surface area contributed by atoms with Gasteiger partial charge in [-0.25, -0.2) is 14.2 Å². The van der Waals surface area contributed by atoms with Crippen LogP contribution in [0.25, 0.3) is 11.3 Å². The maximum atomic E-state index is 13.4. The van der Waals surface area contributed by atoms with Crippen LogP contribution in [0.5, 0.6) is 5.75 Å². The maximum Gasteiger partial charge on any atom is 0.407 e. The molecular weight excluding hydrogens is 441 g/mol. The van der Waals surface area contributed by atoms with Gasteiger partial charge in [-0.15, -0.1) is 11.3 Å². The number of rotatable bonds is 8. The molecule has 1 aromatic heterocycles. The second-order valence-electron chi connectivity index (χ2n) is 6.49. The molecule has 1 N–H and O–H groups in total. The predicted octanol–water partition coefficient (Wildman–Crippen LogP) is 5.39. The average molecular weight is 464 g/mol. The molecule has 1 heterocycles. The van der Waals surface area contributed by atoms with E-state index in [9.17, 15) is 9.18 Å². The molecule has 0 saturated carbocycles. The van der Waals surface area contributed by atoms with E-state index in [1.165, 1.54) is 23.5 Å². The first-order valence-corrected chi connectivity index (χ1v) is 11.0. The second kappa shape index (κ2) is 11.0. The monoisotopic (exact) mass is 463 g/mol. The normalized spacial score (nSPS) is 11.4. The van der Waals surface area contributed by atoms with Crippen molar-refractivity contribution < 1.29 is 18.7 Å². The average Bonchev–Trinajstić information content (AvgIpc) is 3.15. The number of halogens is 2. The Hall–Kier alpha value is -2.84. The zero-order valence-corrected chi connectivity index (χ0v) is 18.8. The van der Waals surface area contributed by atoms with E-state index in [-0.39, 0.29) is 5.82 Å². The van der Waals surface area contributed by atoms with Crippen LogP contribution in [0.3, 0.4) is 0 Å². The van der Waals surface area contributed by atoms with Gasteiger partial charge >= 0.3 is 6.09 Å². The number of aromatic nitrogens is 1. The largest absolute Gasteiger partial charge is 0.494 e. The molecular formula is C22H23ClFN3O3S. The Kier molecular flexibility index (Phi) is 8.08. The second-order valence-corrected chi connectivity index (χ2v) is 7.76. The molecule has 0 radical (unpaired) electrons. The highest BCUT2D eigenvalue weighted by atomic mass is 35.5. The Morgan fingerprint density at radius 2 is 2.03 bits per heavy atom. The summed E-state index contributed by atoms with van der Waals surface area (Å²) < 4.78 is 25.7. The van der Waals surface area contributed by atoms with Crippen molar-refractivity contribution >= 4 is 34.7 Å². The number of hydrogen-bond acceptors (Lipinski definition) is 5. The van der Waals surface area contributed by atoms with Crippen molar-refractivity contribution in [2.45, 2.75) is 19.9 Å². The highest BCUT2D eigenvalue weighted by Crippen LogP contribution is 2.30. The molecule has 0 atom stereocenters. The van der Waals surface area contributed by atoms with Crippen LogP contribution in [0.4, 0.5) is 14.9 Å². The molecule has 0 spiro atoms. The fourth-order valence-electron chi connectivity index (χ4n) is 2.94. The highest BCUT2D eigenvalue weighted by Gasteiger charge is 2.10. The summed E-state index contributed by atoms with van der Waals surface area (Å²) in [6.07, 6.45) is 0.224. The van der Waals surface area contributed by atoms with E-state index in [0.29, 0.717) is 42.6 Å². The van der Waals surface area contributed by atoms with Crippen molar-refractivity contribution in [2.24, 2.45) is 4.99 Å². The quantitative estimate of drug-likeness (QED) is 0.456. The zero-order chi connectivity index (χ0) is 22.2. The number of ether oxygens (including phenoxy) is 2. The number of nitrogens with zero attached hydrogens (tertiary/aromatic N) is 2. The van der Waals surface area contributed by atoms with Crippen molar-refractivity contribution in [3.05, 3.63) is 63.5 Å².